The van der Waals surface area contributed by atoms with Gasteiger partial charge in [0, 0.05) is 18.2 Å². The maximum atomic E-state index is 12.1. The number of carbonyl (C=O) groups is 1. The minimum Gasteiger partial charge on any atom is -0.497 e. The first kappa shape index (κ1) is 17.1. The van der Waals surface area contributed by atoms with E-state index in [9.17, 15) is 4.79 Å². The third kappa shape index (κ3) is 5.13. The van der Waals surface area contributed by atoms with E-state index in [2.05, 4.69) is 10.4 Å². The highest BCUT2D eigenvalue weighted by Gasteiger charge is 2.10. The lowest BCUT2D eigenvalue weighted by Crippen LogP contribution is -2.36. The summed E-state index contributed by atoms with van der Waals surface area (Å²) in [5, 5.41) is 7.45. The van der Waals surface area contributed by atoms with E-state index in [1.807, 2.05) is 55.8 Å². The molecule has 1 aromatic heterocycles. The number of carbonyl (C=O) groups excluding carboxylic acids is 1. The van der Waals surface area contributed by atoms with Crippen molar-refractivity contribution in [2.45, 2.75) is 46.2 Å². The molecule has 23 heavy (non-hydrogen) atoms. The Balaban J connectivity index is 1.80. The van der Waals surface area contributed by atoms with E-state index in [0.29, 0.717) is 19.4 Å². The number of aryl methyl sites for hydroxylation is 3. The van der Waals surface area contributed by atoms with Gasteiger partial charge in [0.25, 0.3) is 0 Å². The Morgan fingerprint density at radius 1 is 1.35 bits per heavy atom. The molecule has 0 saturated carbocycles. The molecule has 1 amide bonds. The highest BCUT2D eigenvalue weighted by Crippen LogP contribution is 2.13. The molecule has 1 N–H and O–H groups in total. The second-order valence-corrected chi connectivity index (χ2v) is 5.93. The van der Waals surface area contributed by atoms with Crippen molar-refractivity contribution in [3.63, 3.8) is 0 Å². The Kier molecular flexibility index (Phi) is 5.79. The first-order valence-corrected chi connectivity index (χ1v) is 7.91. The SMILES string of the molecule is COc1cccc(CCC(=O)N[C@H](C)Cn2nc(C)cc2C)c1. The molecule has 0 fully saturated rings. The van der Waals surface area contributed by atoms with Crippen LogP contribution in [0.2, 0.25) is 0 Å². The van der Waals surface area contributed by atoms with Crippen LogP contribution >= 0.6 is 0 Å². The number of benzene rings is 1. The van der Waals surface area contributed by atoms with Crippen molar-refractivity contribution in [1.29, 1.82) is 0 Å². The zero-order chi connectivity index (χ0) is 16.8. The van der Waals surface area contributed by atoms with Gasteiger partial charge in [-0.3, -0.25) is 9.48 Å². The minimum atomic E-state index is 0.0470. The average molecular weight is 315 g/mol. The van der Waals surface area contributed by atoms with Crippen LogP contribution in [0, 0.1) is 13.8 Å². The van der Waals surface area contributed by atoms with Gasteiger partial charge in [-0.25, -0.2) is 0 Å². The normalized spacial score (nSPS) is 12.0. The fourth-order valence-electron chi connectivity index (χ4n) is 2.60. The van der Waals surface area contributed by atoms with Gasteiger partial charge in [-0.15, -0.1) is 0 Å². The molecule has 1 atom stereocenters. The van der Waals surface area contributed by atoms with Gasteiger partial charge < -0.3 is 10.1 Å². The Hall–Kier alpha value is -2.30. The molecular weight excluding hydrogens is 290 g/mol. The van der Waals surface area contributed by atoms with Crippen molar-refractivity contribution in [1.82, 2.24) is 15.1 Å². The first-order valence-electron chi connectivity index (χ1n) is 7.91. The fourth-order valence-corrected chi connectivity index (χ4v) is 2.60. The molecular formula is C18H25N3O2. The maximum absolute atomic E-state index is 12.1. The fraction of sp³-hybridized carbons (Fsp3) is 0.444. The summed E-state index contributed by atoms with van der Waals surface area (Å²) in [5.41, 5.74) is 3.21. The molecule has 0 aliphatic rings. The molecule has 124 valence electrons. The summed E-state index contributed by atoms with van der Waals surface area (Å²) in [4.78, 5) is 12.1. The number of amides is 1. The van der Waals surface area contributed by atoms with Crippen molar-refractivity contribution >= 4 is 5.91 Å². The summed E-state index contributed by atoms with van der Waals surface area (Å²) in [5.74, 6) is 0.877. The molecule has 2 rings (SSSR count). The van der Waals surface area contributed by atoms with Crippen molar-refractivity contribution < 1.29 is 9.53 Å². The van der Waals surface area contributed by atoms with Crippen LogP contribution in [0.5, 0.6) is 5.75 Å². The molecule has 1 heterocycles. The smallest absolute Gasteiger partial charge is 0.220 e. The Morgan fingerprint density at radius 2 is 2.13 bits per heavy atom. The monoisotopic (exact) mass is 315 g/mol. The van der Waals surface area contributed by atoms with Gasteiger partial charge in [0.05, 0.1) is 19.3 Å². The van der Waals surface area contributed by atoms with Gasteiger partial charge in [-0.2, -0.15) is 5.10 Å². The summed E-state index contributed by atoms with van der Waals surface area (Å²) in [6.45, 7) is 6.68. The number of aromatic nitrogens is 2. The summed E-state index contributed by atoms with van der Waals surface area (Å²) in [6.07, 6.45) is 1.17. The van der Waals surface area contributed by atoms with Crippen molar-refractivity contribution in [2.75, 3.05) is 7.11 Å². The predicted molar refractivity (Wildman–Crippen MR) is 90.6 cm³/mol. The number of hydrogen-bond acceptors (Lipinski definition) is 3. The third-order valence-electron chi connectivity index (χ3n) is 3.73. The lowest BCUT2D eigenvalue weighted by atomic mass is 10.1. The summed E-state index contributed by atoms with van der Waals surface area (Å²) < 4.78 is 7.13. The second kappa shape index (κ2) is 7.81. The maximum Gasteiger partial charge on any atom is 0.220 e. The highest BCUT2D eigenvalue weighted by atomic mass is 16.5. The van der Waals surface area contributed by atoms with Gasteiger partial charge in [0.2, 0.25) is 5.91 Å². The second-order valence-electron chi connectivity index (χ2n) is 5.93. The lowest BCUT2D eigenvalue weighted by Gasteiger charge is -2.15. The van der Waals surface area contributed by atoms with Crippen LogP contribution in [0.1, 0.15) is 30.3 Å². The van der Waals surface area contributed by atoms with E-state index in [1.165, 1.54) is 0 Å². The number of hydrogen-bond donors (Lipinski definition) is 1. The average Bonchev–Trinajstić information content (AvgIpc) is 2.83. The van der Waals surface area contributed by atoms with Crippen LogP contribution in [-0.4, -0.2) is 28.8 Å². The Bertz CT molecular complexity index is 664. The topological polar surface area (TPSA) is 56.1 Å². The van der Waals surface area contributed by atoms with Gasteiger partial charge in [-0.05, 0) is 51.0 Å². The van der Waals surface area contributed by atoms with E-state index < -0.39 is 0 Å². The lowest BCUT2D eigenvalue weighted by molar-refractivity contribution is -0.121. The van der Waals surface area contributed by atoms with E-state index >= 15 is 0 Å². The largest absolute Gasteiger partial charge is 0.497 e. The molecule has 0 unspecified atom stereocenters. The van der Waals surface area contributed by atoms with Crippen LogP contribution in [0.4, 0.5) is 0 Å². The van der Waals surface area contributed by atoms with E-state index in [0.717, 1.165) is 22.7 Å². The summed E-state index contributed by atoms with van der Waals surface area (Å²) in [7, 11) is 1.65. The molecule has 0 spiro atoms. The van der Waals surface area contributed by atoms with Crippen molar-refractivity contribution in [2.24, 2.45) is 0 Å². The molecule has 0 saturated heterocycles. The van der Waals surface area contributed by atoms with E-state index in [-0.39, 0.29) is 11.9 Å². The standard InChI is InChI=1S/C18H25N3O2/c1-13-10-15(3)21(20-13)12-14(2)19-18(22)9-8-16-6-5-7-17(11-16)23-4/h5-7,10-11,14H,8-9,12H2,1-4H3,(H,19,22)/t14-/m1/s1. The van der Waals surface area contributed by atoms with Crippen molar-refractivity contribution in [3.8, 4) is 5.75 Å². The molecule has 1 aromatic carbocycles. The van der Waals surface area contributed by atoms with E-state index in [4.69, 9.17) is 4.74 Å². The van der Waals surface area contributed by atoms with Crippen LogP contribution in [0.15, 0.2) is 30.3 Å². The Morgan fingerprint density at radius 3 is 2.78 bits per heavy atom. The number of nitrogens with zero attached hydrogens (tertiary/aromatic N) is 2. The zero-order valence-corrected chi connectivity index (χ0v) is 14.3. The number of nitrogens with one attached hydrogen (secondary N) is 1. The van der Waals surface area contributed by atoms with E-state index in [1.54, 1.807) is 7.11 Å². The third-order valence-corrected chi connectivity index (χ3v) is 3.73. The molecule has 0 bridgehead atoms. The summed E-state index contributed by atoms with van der Waals surface area (Å²) >= 11 is 0. The molecule has 5 nitrogen and oxygen atoms in total. The zero-order valence-electron chi connectivity index (χ0n) is 14.3. The quantitative estimate of drug-likeness (QED) is 0.854. The Labute approximate surface area is 137 Å². The van der Waals surface area contributed by atoms with Gasteiger partial charge in [0.1, 0.15) is 5.75 Å². The molecule has 5 heteroatoms. The van der Waals surface area contributed by atoms with Crippen LogP contribution in [0.3, 0.4) is 0 Å². The molecule has 0 aliphatic heterocycles. The summed E-state index contributed by atoms with van der Waals surface area (Å²) in [6, 6.07) is 9.90. The van der Waals surface area contributed by atoms with Gasteiger partial charge in [0.15, 0.2) is 0 Å². The van der Waals surface area contributed by atoms with Crippen LogP contribution in [-0.2, 0) is 17.8 Å². The first-order chi connectivity index (χ1) is 11.0. The molecule has 0 radical (unpaired) electrons. The van der Waals surface area contributed by atoms with Gasteiger partial charge >= 0.3 is 0 Å². The number of ether oxygens (including phenoxy) is 1. The minimum absolute atomic E-state index is 0.0470. The van der Waals surface area contributed by atoms with Gasteiger partial charge in [-0.1, -0.05) is 12.1 Å². The molecule has 0 aliphatic carbocycles. The number of rotatable bonds is 7. The number of methoxy groups -OCH3 is 1. The van der Waals surface area contributed by atoms with Crippen LogP contribution in [0.25, 0.3) is 0 Å². The molecule has 2 aromatic rings. The van der Waals surface area contributed by atoms with Crippen molar-refractivity contribution in [3.05, 3.63) is 47.3 Å². The predicted octanol–water partition coefficient (Wildman–Crippen LogP) is 2.65. The van der Waals surface area contributed by atoms with Crippen LogP contribution < -0.4 is 10.1 Å². The highest BCUT2D eigenvalue weighted by molar-refractivity contribution is 5.76.